The first-order chi connectivity index (χ1) is 19.4. The minimum Gasteiger partial charge on any atom is -0.399 e. The fraction of sp³-hybridized carbons (Fsp3) is 0.0625. The van der Waals surface area contributed by atoms with E-state index in [0.29, 0.717) is 18.0 Å². The molecule has 204 valence electrons. The summed E-state index contributed by atoms with van der Waals surface area (Å²) < 4.78 is 25.2. The fourth-order valence-electron chi connectivity index (χ4n) is 3.82. The van der Waals surface area contributed by atoms with Gasteiger partial charge in [0, 0.05) is 29.4 Å². The van der Waals surface area contributed by atoms with Crippen LogP contribution in [0, 0.1) is 0 Å². The molecule has 0 spiro atoms. The van der Waals surface area contributed by atoms with Crippen LogP contribution in [0.1, 0.15) is 11.1 Å². The van der Waals surface area contributed by atoms with Gasteiger partial charge in [-0.05, 0) is 59.7 Å². The average Bonchev–Trinajstić information content (AvgIpc) is 2.97. The number of nitrogens with one attached hydrogen (secondary N) is 2. The first-order valence-corrected chi connectivity index (χ1v) is 15.0. The van der Waals surface area contributed by atoms with Crippen molar-refractivity contribution in [2.45, 2.75) is 27.8 Å². The quantitative estimate of drug-likeness (QED) is 0.143. The molecule has 0 heterocycles. The Morgan fingerprint density at radius 2 is 1.15 bits per heavy atom. The second-order valence-corrected chi connectivity index (χ2v) is 11.5. The van der Waals surface area contributed by atoms with Gasteiger partial charge in [-0.3, -0.25) is 0 Å². The Kier molecular flexibility index (Phi) is 10.2. The lowest BCUT2D eigenvalue weighted by atomic mass is 10.1. The molecule has 5 aromatic rings. The summed E-state index contributed by atoms with van der Waals surface area (Å²) in [5.41, 5.74) is 9.77. The van der Waals surface area contributed by atoms with Crippen LogP contribution in [0.15, 0.2) is 148 Å². The average molecular weight is 569 g/mol. The number of hydrogen-bond acceptors (Lipinski definition) is 6. The van der Waals surface area contributed by atoms with Crippen molar-refractivity contribution in [2.24, 2.45) is 5.14 Å². The predicted molar refractivity (Wildman–Crippen MR) is 167 cm³/mol. The summed E-state index contributed by atoms with van der Waals surface area (Å²) >= 11 is 1.38. The number of para-hydroxylation sites is 2. The molecule has 40 heavy (non-hydrogen) atoms. The largest absolute Gasteiger partial charge is 0.399 e. The van der Waals surface area contributed by atoms with Gasteiger partial charge in [-0.2, -0.15) is 0 Å². The molecule has 0 saturated heterocycles. The van der Waals surface area contributed by atoms with Crippen molar-refractivity contribution in [3.05, 3.63) is 145 Å². The lowest BCUT2D eigenvalue weighted by Gasteiger charge is -2.18. The smallest absolute Gasteiger partial charge is 0.239 e. The predicted octanol–water partition coefficient (Wildman–Crippen LogP) is 6.98. The second kappa shape index (κ2) is 14.2. The van der Waals surface area contributed by atoms with Crippen molar-refractivity contribution in [1.82, 2.24) is 0 Å². The molecule has 0 radical (unpaired) electrons. The Hall–Kier alpha value is -4.24. The molecule has 6 nitrogen and oxygen atoms in total. The highest BCUT2D eigenvalue weighted by Gasteiger charge is 2.20. The number of nitrogens with two attached hydrogens (primary N) is 2. The Labute approximate surface area is 240 Å². The lowest BCUT2D eigenvalue weighted by molar-refractivity contribution is 0.595. The standard InChI is InChI=1S/C26H25N3O2S2.C6H7N/c27-33(30,31)25-17-21(19-28-22-12-6-2-7-13-22)16-24(29-18-20-10-4-1-5-11-20)26(25)32-23-14-8-3-9-15-23;7-6-4-2-1-3-5-6/h1-17,28-29H,18-19H2,(H2,27,30,31);1-5H,7H2. The van der Waals surface area contributed by atoms with E-state index in [2.05, 4.69) is 10.6 Å². The third kappa shape index (κ3) is 8.91. The lowest BCUT2D eigenvalue weighted by Crippen LogP contribution is -2.16. The van der Waals surface area contributed by atoms with Gasteiger partial charge in [0.2, 0.25) is 10.0 Å². The van der Waals surface area contributed by atoms with Crippen LogP contribution < -0.4 is 21.5 Å². The van der Waals surface area contributed by atoms with Crippen LogP contribution in [-0.2, 0) is 23.1 Å². The Morgan fingerprint density at radius 1 is 0.625 bits per heavy atom. The van der Waals surface area contributed by atoms with Gasteiger partial charge in [-0.15, -0.1) is 0 Å². The molecule has 5 rings (SSSR count). The highest BCUT2D eigenvalue weighted by Crippen LogP contribution is 2.39. The highest BCUT2D eigenvalue weighted by atomic mass is 32.2. The first kappa shape index (κ1) is 28.8. The van der Waals surface area contributed by atoms with E-state index in [0.717, 1.165) is 33.1 Å². The van der Waals surface area contributed by atoms with Crippen molar-refractivity contribution in [3.8, 4) is 0 Å². The minimum atomic E-state index is -3.95. The molecule has 6 N–H and O–H groups in total. The van der Waals surface area contributed by atoms with Crippen molar-refractivity contribution in [1.29, 1.82) is 0 Å². The maximum absolute atomic E-state index is 12.6. The SMILES string of the molecule is NS(=O)(=O)c1cc(CNc2ccccc2)cc(NCc2ccccc2)c1Sc1ccccc1.Nc1ccccc1. The van der Waals surface area contributed by atoms with Crippen LogP contribution in [0.25, 0.3) is 0 Å². The molecular formula is C32H32N4O2S2. The van der Waals surface area contributed by atoms with E-state index in [1.165, 1.54) is 11.8 Å². The Balaban J connectivity index is 0.000000461. The maximum Gasteiger partial charge on any atom is 0.239 e. The van der Waals surface area contributed by atoms with E-state index in [9.17, 15) is 8.42 Å². The first-order valence-electron chi connectivity index (χ1n) is 12.7. The number of primary sulfonamides is 1. The molecule has 0 unspecified atom stereocenters. The number of benzene rings is 5. The minimum absolute atomic E-state index is 0.110. The van der Waals surface area contributed by atoms with Crippen molar-refractivity contribution in [3.63, 3.8) is 0 Å². The summed E-state index contributed by atoms with van der Waals surface area (Å²) in [6.07, 6.45) is 0. The van der Waals surface area contributed by atoms with Crippen LogP contribution >= 0.6 is 11.8 Å². The van der Waals surface area contributed by atoms with E-state index in [-0.39, 0.29) is 4.90 Å². The summed E-state index contributed by atoms with van der Waals surface area (Å²) in [5.74, 6) is 0. The van der Waals surface area contributed by atoms with Crippen molar-refractivity contribution in [2.75, 3.05) is 16.4 Å². The molecule has 0 aliphatic heterocycles. The van der Waals surface area contributed by atoms with E-state index in [1.54, 1.807) is 6.07 Å². The molecular weight excluding hydrogens is 537 g/mol. The van der Waals surface area contributed by atoms with Gasteiger partial charge in [-0.1, -0.05) is 96.7 Å². The summed E-state index contributed by atoms with van der Waals surface area (Å²) in [6.45, 7) is 1.02. The van der Waals surface area contributed by atoms with E-state index in [1.807, 2.05) is 127 Å². The topological polar surface area (TPSA) is 110 Å². The zero-order valence-corrected chi connectivity index (χ0v) is 23.5. The number of anilines is 3. The van der Waals surface area contributed by atoms with Crippen molar-refractivity contribution >= 4 is 38.8 Å². The van der Waals surface area contributed by atoms with E-state index in [4.69, 9.17) is 10.9 Å². The van der Waals surface area contributed by atoms with Crippen molar-refractivity contribution < 1.29 is 8.42 Å². The van der Waals surface area contributed by atoms with Gasteiger partial charge in [-0.25, -0.2) is 13.6 Å². The molecule has 8 heteroatoms. The summed E-state index contributed by atoms with van der Waals surface area (Å²) in [4.78, 5) is 1.63. The van der Waals surface area contributed by atoms with E-state index < -0.39 is 10.0 Å². The molecule has 0 aliphatic carbocycles. The molecule has 0 amide bonds. The van der Waals surface area contributed by atoms with Crippen LogP contribution in [-0.4, -0.2) is 8.42 Å². The third-order valence-corrected chi connectivity index (χ3v) is 8.00. The van der Waals surface area contributed by atoms with Gasteiger partial charge < -0.3 is 16.4 Å². The molecule has 0 atom stereocenters. The Morgan fingerprint density at radius 3 is 1.70 bits per heavy atom. The van der Waals surface area contributed by atoms with Crippen LogP contribution in [0.2, 0.25) is 0 Å². The molecule has 0 bridgehead atoms. The molecule has 0 aromatic heterocycles. The molecule has 0 saturated carbocycles. The maximum atomic E-state index is 12.6. The summed E-state index contributed by atoms with van der Waals surface area (Å²) in [6, 6.07) is 42.6. The molecule has 0 aliphatic rings. The van der Waals surface area contributed by atoms with Crippen LogP contribution in [0.5, 0.6) is 0 Å². The van der Waals surface area contributed by atoms with Crippen LogP contribution in [0.3, 0.4) is 0 Å². The van der Waals surface area contributed by atoms with Gasteiger partial charge in [0.1, 0.15) is 0 Å². The molecule has 0 fully saturated rings. The number of rotatable bonds is 9. The summed E-state index contributed by atoms with van der Waals surface area (Å²) in [5, 5.41) is 12.4. The number of nitrogen functional groups attached to an aromatic ring is 1. The second-order valence-electron chi connectivity index (χ2n) is 8.90. The number of sulfonamides is 1. The van der Waals surface area contributed by atoms with Crippen LogP contribution in [0.4, 0.5) is 17.1 Å². The highest BCUT2D eigenvalue weighted by molar-refractivity contribution is 8.00. The summed E-state index contributed by atoms with van der Waals surface area (Å²) in [7, 11) is -3.95. The Bertz CT molecular complexity index is 1580. The van der Waals surface area contributed by atoms with Gasteiger partial charge >= 0.3 is 0 Å². The van der Waals surface area contributed by atoms with E-state index >= 15 is 0 Å². The zero-order chi connectivity index (χ0) is 28.2. The van der Waals surface area contributed by atoms with Gasteiger partial charge in [0.15, 0.2) is 0 Å². The monoisotopic (exact) mass is 568 g/mol. The molecule has 5 aromatic carbocycles. The fourth-order valence-corrected chi connectivity index (χ4v) is 5.91. The zero-order valence-electron chi connectivity index (χ0n) is 21.9. The number of hydrogen-bond donors (Lipinski definition) is 4. The van der Waals surface area contributed by atoms with Gasteiger partial charge in [0.05, 0.1) is 15.5 Å². The normalized spacial score (nSPS) is 10.7. The van der Waals surface area contributed by atoms with Gasteiger partial charge in [0.25, 0.3) is 0 Å². The third-order valence-electron chi connectivity index (χ3n) is 5.78.